The van der Waals surface area contributed by atoms with Crippen LogP contribution in [0, 0.1) is 18.3 Å². The molecule has 1 aromatic heterocycles. The fourth-order valence-electron chi connectivity index (χ4n) is 0.821. The Morgan fingerprint density at radius 2 is 2.42 bits per heavy atom. The quantitative estimate of drug-likeness (QED) is 0.528. The van der Waals surface area contributed by atoms with Gasteiger partial charge in [-0.1, -0.05) is 0 Å². The Morgan fingerprint density at radius 3 is 3.00 bits per heavy atom. The van der Waals surface area contributed by atoms with Crippen LogP contribution in [-0.4, -0.2) is 21.8 Å². The second-order valence-electron chi connectivity index (χ2n) is 2.32. The van der Waals surface area contributed by atoms with Crippen LogP contribution >= 0.6 is 0 Å². The van der Waals surface area contributed by atoms with Crippen LogP contribution in [0.2, 0.25) is 0 Å². The van der Waals surface area contributed by atoms with E-state index in [1.807, 2.05) is 31.2 Å². The summed E-state index contributed by atoms with van der Waals surface area (Å²) in [6.07, 6.45) is 1.47. The molecule has 0 saturated heterocycles. The van der Waals surface area contributed by atoms with Gasteiger partial charge in [0, 0.05) is 0 Å². The number of hydrogen-bond donors (Lipinski definition) is 0. The maximum absolute atomic E-state index is 8.40. The number of allylic oxidation sites excluding steroid dienone is 1. The van der Waals surface area contributed by atoms with Gasteiger partial charge in [-0.05, 0) is 0 Å². The van der Waals surface area contributed by atoms with Crippen molar-refractivity contribution in [2.45, 2.75) is 6.92 Å². The Labute approximate surface area is 80.4 Å². The van der Waals surface area contributed by atoms with E-state index in [-0.39, 0.29) is 0 Å². The van der Waals surface area contributed by atoms with Crippen molar-refractivity contribution in [2.75, 3.05) is 0 Å². The number of nitrogens with zero attached hydrogens (tertiary/aromatic N) is 2. The third-order valence-corrected chi connectivity index (χ3v) is 2.10. The molecule has 0 unspecified atom stereocenters. The van der Waals surface area contributed by atoms with E-state index in [0.29, 0.717) is 0 Å². The molecule has 58 valence electrons. The molecule has 2 radical (unpaired) electrons. The molecule has 0 spiro atoms. The molecule has 0 amide bonds. The van der Waals surface area contributed by atoms with Gasteiger partial charge in [0.2, 0.25) is 0 Å². The van der Waals surface area contributed by atoms with Gasteiger partial charge in [0.05, 0.1) is 0 Å². The van der Waals surface area contributed by atoms with Gasteiger partial charge in [0.1, 0.15) is 0 Å². The molecule has 0 bridgehead atoms. The first-order valence-corrected chi connectivity index (χ1v) is 4.40. The molecule has 0 atom stereocenters. The summed E-state index contributed by atoms with van der Waals surface area (Å²) in [7, 11) is 0. The molecule has 0 aliphatic rings. The zero-order chi connectivity index (χ0) is 8.97. The van der Waals surface area contributed by atoms with Crippen molar-refractivity contribution in [1.82, 2.24) is 4.98 Å². The van der Waals surface area contributed by atoms with Gasteiger partial charge in [0.15, 0.2) is 0 Å². The Morgan fingerprint density at radius 1 is 1.67 bits per heavy atom. The van der Waals surface area contributed by atoms with Gasteiger partial charge >= 0.3 is 80.1 Å². The van der Waals surface area contributed by atoms with Gasteiger partial charge in [-0.2, -0.15) is 0 Å². The van der Waals surface area contributed by atoms with Crippen LogP contribution in [0.3, 0.4) is 0 Å². The normalized spacial score (nSPS) is 10.9. The van der Waals surface area contributed by atoms with E-state index in [4.69, 9.17) is 5.26 Å². The standard InChI is InChI=1S/C9H7AsN2/c1-7-3-2-4-9(12-7)8(10)5-6-11/h2-5H,1H3/b8-5+. The first-order chi connectivity index (χ1) is 5.74. The van der Waals surface area contributed by atoms with Crippen molar-refractivity contribution in [2.24, 2.45) is 0 Å². The van der Waals surface area contributed by atoms with Crippen molar-refractivity contribution < 1.29 is 0 Å². The monoisotopic (exact) mass is 218 g/mol. The van der Waals surface area contributed by atoms with Crippen LogP contribution in [-0.2, 0) is 0 Å². The molecule has 3 heteroatoms. The third-order valence-electron chi connectivity index (χ3n) is 1.35. The third kappa shape index (κ3) is 2.22. The van der Waals surface area contributed by atoms with E-state index >= 15 is 0 Å². The van der Waals surface area contributed by atoms with Gasteiger partial charge in [0.25, 0.3) is 0 Å². The molecule has 0 N–H and O–H groups in total. The molecule has 0 aliphatic carbocycles. The summed E-state index contributed by atoms with van der Waals surface area (Å²) in [6, 6.07) is 7.70. The molecule has 12 heavy (non-hydrogen) atoms. The second kappa shape index (κ2) is 4.09. The van der Waals surface area contributed by atoms with Crippen molar-refractivity contribution in [1.29, 1.82) is 5.26 Å². The summed E-state index contributed by atoms with van der Waals surface area (Å²) in [4.78, 5) is 4.26. The topological polar surface area (TPSA) is 36.7 Å². The van der Waals surface area contributed by atoms with E-state index < -0.39 is 0 Å². The predicted molar refractivity (Wildman–Crippen MR) is 48.3 cm³/mol. The minimum absolute atomic E-state index is 0.841. The molecule has 1 heterocycles. The molecular formula is C9H7AsN2. The fraction of sp³-hybridized carbons (Fsp3) is 0.111. The Kier molecular flexibility index (Phi) is 3.08. The van der Waals surface area contributed by atoms with Crippen molar-refractivity contribution in [3.63, 3.8) is 0 Å². The summed E-state index contributed by atoms with van der Waals surface area (Å²) >= 11 is 2.34. The first kappa shape index (κ1) is 9.03. The van der Waals surface area contributed by atoms with Crippen LogP contribution in [0.1, 0.15) is 11.4 Å². The summed E-state index contributed by atoms with van der Waals surface area (Å²) in [5, 5.41) is 8.40. The molecular weight excluding hydrogens is 211 g/mol. The van der Waals surface area contributed by atoms with Gasteiger partial charge < -0.3 is 0 Å². The summed E-state index contributed by atoms with van der Waals surface area (Å²) in [5.74, 6) is 0. The molecule has 1 rings (SSSR count). The molecule has 1 aromatic rings. The zero-order valence-electron chi connectivity index (χ0n) is 6.65. The molecule has 0 aliphatic heterocycles. The summed E-state index contributed by atoms with van der Waals surface area (Å²) < 4.78 is 0.841. The molecule has 0 saturated carbocycles. The number of aromatic nitrogens is 1. The molecule has 0 aromatic carbocycles. The SMILES string of the molecule is Cc1cccc(/C([As])=C\C#N)n1. The van der Waals surface area contributed by atoms with Crippen LogP contribution < -0.4 is 0 Å². The Hall–Kier alpha value is -1.06. The van der Waals surface area contributed by atoms with E-state index in [2.05, 4.69) is 21.8 Å². The van der Waals surface area contributed by atoms with Crippen LogP contribution in [0.5, 0.6) is 0 Å². The van der Waals surface area contributed by atoms with Gasteiger partial charge in [-0.25, -0.2) is 0 Å². The van der Waals surface area contributed by atoms with Crippen LogP contribution in [0.25, 0.3) is 4.36 Å². The van der Waals surface area contributed by atoms with Crippen LogP contribution in [0.15, 0.2) is 24.3 Å². The number of nitriles is 1. The Bertz CT molecular complexity index is 350. The number of hydrogen-bond acceptors (Lipinski definition) is 2. The first-order valence-electron chi connectivity index (χ1n) is 3.47. The van der Waals surface area contributed by atoms with E-state index in [1.165, 1.54) is 6.08 Å². The predicted octanol–water partition coefficient (Wildman–Crippen LogP) is 1.42. The van der Waals surface area contributed by atoms with E-state index in [1.54, 1.807) is 0 Å². The van der Waals surface area contributed by atoms with Crippen molar-refractivity contribution >= 4 is 21.2 Å². The number of rotatable bonds is 1. The average molecular weight is 218 g/mol. The van der Waals surface area contributed by atoms with Crippen molar-refractivity contribution in [3.8, 4) is 6.07 Å². The van der Waals surface area contributed by atoms with Crippen molar-refractivity contribution in [3.05, 3.63) is 35.7 Å². The molecule has 0 fully saturated rings. The minimum atomic E-state index is 0.841. The number of aryl methyl sites for hydroxylation is 1. The maximum atomic E-state index is 8.40. The molecule has 2 nitrogen and oxygen atoms in total. The number of pyridine rings is 1. The van der Waals surface area contributed by atoms with E-state index in [9.17, 15) is 0 Å². The van der Waals surface area contributed by atoms with E-state index in [0.717, 1.165) is 15.7 Å². The van der Waals surface area contributed by atoms with Gasteiger partial charge in [-0.15, -0.1) is 0 Å². The average Bonchev–Trinajstić information content (AvgIpc) is 2.05. The second-order valence-corrected chi connectivity index (χ2v) is 3.33. The summed E-state index contributed by atoms with van der Waals surface area (Å²) in [6.45, 7) is 1.93. The fourth-order valence-corrected chi connectivity index (χ4v) is 1.20. The summed E-state index contributed by atoms with van der Waals surface area (Å²) in [5.41, 5.74) is 1.80. The Balaban J connectivity index is 3.05. The van der Waals surface area contributed by atoms with Crippen LogP contribution in [0.4, 0.5) is 0 Å². The van der Waals surface area contributed by atoms with Gasteiger partial charge in [-0.3, -0.25) is 0 Å². The zero-order valence-corrected chi connectivity index (χ0v) is 8.53.